The zero-order valence-electron chi connectivity index (χ0n) is 11.1. The minimum atomic E-state index is -0.332. The van der Waals surface area contributed by atoms with Gasteiger partial charge in [-0.25, -0.2) is 4.39 Å². The van der Waals surface area contributed by atoms with Crippen molar-refractivity contribution < 1.29 is 13.9 Å². The fraction of sp³-hybridized carbons (Fsp3) is 0.200. The number of halogens is 2. The van der Waals surface area contributed by atoms with E-state index in [1.165, 1.54) is 17.8 Å². The fourth-order valence-corrected chi connectivity index (χ4v) is 3.22. The van der Waals surface area contributed by atoms with E-state index in [2.05, 4.69) is 15.9 Å². The Kier molecular flexibility index (Phi) is 4.26. The SMILES string of the molecule is Nc1cc(Br)c(F)cc1Sc1ccc2c(c1)OCCCO2. The Morgan fingerprint density at radius 1 is 1.10 bits per heavy atom. The lowest BCUT2D eigenvalue weighted by atomic mass is 10.3. The molecule has 0 fully saturated rings. The third-order valence-corrected chi connectivity index (χ3v) is 4.67. The number of ether oxygens (including phenoxy) is 2. The molecule has 1 heterocycles. The molecule has 0 atom stereocenters. The van der Waals surface area contributed by atoms with Gasteiger partial charge in [0, 0.05) is 21.9 Å². The van der Waals surface area contributed by atoms with Crippen LogP contribution in [0.3, 0.4) is 0 Å². The largest absolute Gasteiger partial charge is 0.490 e. The summed E-state index contributed by atoms with van der Waals surface area (Å²) in [5, 5.41) is 0. The molecule has 0 amide bonds. The minimum Gasteiger partial charge on any atom is -0.490 e. The molecule has 0 spiro atoms. The van der Waals surface area contributed by atoms with Crippen LogP contribution in [0.25, 0.3) is 0 Å². The molecule has 0 radical (unpaired) electrons. The molecule has 0 unspecified atom stereocenters. The first-order chi connectivity index (χ1) is 10.1. The number of benzene rings is 2. The topological polar surface area (TPSA) is 44.5 Å². The van der Waals surface area contributed by atoms with Crippen molar-refractivity contribution in [1.29, 1.82) is 0 Å². The molecule has 2 aromatic carbocycles. The average molecular weight is 370 g/mol. The zero-order valence-corrected chi connectivity index (χ0v) is 13.5. The van der Waals surface area contributed by atoms with Crippen molar-refractivity contribution >= 4 is 33.4 Å². The van der Waals surface area contributed by atoms with E-state index in [1.54, 1.807) is 6.07 Å². The van der Waals surface area contributed by atoms with Gasteiger partial charge in [0.1, 0.15) is 5.82 Å². The highest BCUT2D eigenvalue weighted by Gasteiger charge is 2.13. The summed E-state index contributed by atoms with van der Waals surface area (Å²) in [7, 11) is 0. The molecule has 1 aliphatic rings. The van der Waals surface area contributed by atoms with Crippen LogP contribution >= 0.6 is 27.7 Å². The lowest BCUT2D eigenvalue weighted by Gasteiger charge is -2.10. The third-order valence-electron chi connectivity index (χ3n) is 3.00. The summed E-state index contributed by atoms with van der Waals surface area (Å²) in [6.07, 6.45) is 0.863. The van der Waals surface area contributed by atoms with Gasteiger partial charge in [-0.3, -0.25) is 0 Å². The highest BCUT2D eigenvalue weighted by molar-refractivity contribution is 9.10. The Hall–Kier alpha value is -1.40. The number of hydrogen-bond acceptors (Lipinski definition) is 4. The molecule has 0 bridgehead atoms. The zero-order chi connectivity index (χ0) is 14.8. The van der Waals surface area contributed by atoms with Crippen molar-refractivity contribution in [3.8, 4) is 11.5 Å². The monoisotopic (exact) mass is 369 g/mol. The summed E-state index contributed by atoms with van der Waals surface area (Å²) in [5.41, 5.74) is 6.46. The molecular weight excluding hydrogens is 357 g/mol. The van der Waals surface area contributed by atoms with Crippen molar-refractivity contribution in [2.24, 2.45) is 0 Å². The van der Waals surface area contributed by atoms with Crippen molar-refractivity contribution in [2.75, 3.05) is 18.9 Å². The van der Waals surface area contributed by atoms with E-state index in [-0.39, 0.29) is 5.82 Å². The van der Waals surface area contributed by atoms with Gasteiger partial charge in [0.2, 0.25) is 0 Å². The molecule has 3 nitrogen and oxygen atoms in total. The number of anilines is 1. The Morgan fingerprint density at radius 3 is 2.67 bits per heavy atom. The van der Waals surface area contributed by atoms with Crippen molar-refractivity contribution in [3.63, 3.8) is 0 Å². The molecule has 1 aliphatic heterocycles. The van der Waals surface area contributed by atoms with Gasteiger partial charge in [-0.05, 0) is 46.3 Å². The normalized spacial score (nSPS) is 13.8. The average Bonchev–Trinajstić information content (AvgIpc) is 2.69. The molecule has 2 N–H and O–H groups in total. The van der Waals surface area contributed by atoms with Crippen LogP contribution in [0.15, 0.2) is 44.6 Å². The number of rotatable bonds is 2. The molecule has 3 rings (SSSR count). The van der Waals surface area contributed by atoms with Crippen molar-refractivity contribution in [3.05, 3.63) is 40.6 Å². The van der Waals surface area contributed by atoms with Crippen LogP contribution in [0.5, 0.6) is 11.5 Å². The van der Waals surface area contributed by atoms with Crippen LogP contribution < -0.4 is 15.2 Å². The van der Waals surface area contributed by atoms with Gasteiger partial charge in [0.05, 0.1) is 17.7 Å². The molecule has 0 saturated heterocycles. The van der Waals surface area contributed by atoms with Gasteiger partial charge in [-0.1, -0.05) is 11.8 Å². The van der Waals surface area contributed by atoms with Crippen LogP contribution in [0, 0.1) is 5.82 Å². The van der Waals surface area contributed by atoms with E-state index in [0.29, 0.717) is 34.0 Å². The first kappa shape index (κ1) is 14.5. The number of hydrogen-bond donors (Lipinski definition) is 1. The van der Waals surface area contributed by atoms with E-state index >= 15 is 0 Å². The van der Waals surface area contributed by atoms with Gasteiger partial charge in [-0.2, -0.15) is 0 Å². The predicted molar refractivity (Wildman–Crippen MR) is 84.7 cm³/mol. The second-order valence-electron chi connectivity index (χ2n) is 4.57. The molecule has 2 aromatic rings. The lowest BCUT2D eigenvalue weighted by Crippen LogP contribution is -1.97. The second kappa shape index (κ2) is 6.15. The van der Waals surface area contributed by atoms with Gasteiger partial charge in [0.25, 0.3) is 0 Å². The summed E-state index contributed by atoms with van der Waals surface area (Å²) in [5.74, 6) is 1.13. The van der Waals surface area contributed by atoms with E-state index in [1.807, 2.05) is 18.2 Å². The van der Waals surface area contributed by atoms with Crippen molar-refractivity contribution in [2.45, 2.75) is 16.2 Å². The van der Waals surface area contributed by atoms with E-state index in [9.17, 15) is 4.39 Å². The van der Waals surface area contributed by atoms with Gasteiger partial charge in [0.15, 0.2) is 11.5 Å². The van der Waals surface area contributed by atoms with E-state index in [0.717, 1.165) is 17.1 Å². The first-order valence-electron chi connectivity index (χ1n) is 6.45. The molecule has 21 heavy (non-hydrogen) atoms. The summed E-state index contributed by atoms with van der Waals surface area (Å²) < 4.78 is 25.2. The minimum absolute atomic E-state index is 0.332. The smallest absolute Gasteiger partial charge is 0.162 e. The predicted octanol–water partition coefficient (Wildman–Crippen LogP) is 4.48. The van der Waals surface area contributed by atoms with E-state index in [4.69, 9.17) is 15.2 Å². The second-order valence-corrected chi connectivity index (χ2v) is 6.53. The van der Waals surface area contributed by atoms with Crippen LogP contribution in [0.1, 0.15) is 6.42 Å². The molecular formula is C15H13BrFNO2S. The molecule has 6 heteroatoms. The first-order valence-corrected chi connectivity index (χ1v) is 8.06. The maximum Gasteiger partial charge on any atom is 0.162 e. The number of fused-ring (bicyclic) bond motifs is 1. The quantitative estimate of drug-likeness (QED) is 0.792. The molecule has 0 saturated carbocycles. The lowest BCUT2D eigenvalue weighted by molar-refractivity contribution is 0.297. The Balaban J connectivity index is 1.88. The highest BCUT2D eigenvalue weighted by Crippen LogP contribution is 2.39. The maximum absolute atomic E-state index is 13.6. The van der Waals surface area contributed by atoms with Crippen molar-refractivity contribution in [1.82, 2.24) is 0 Å². The standard InChI is InChI=1S/C15H13BrFNO2S/c16-10-7-12(18)15(8-11(10)17)21-9-2-3-13-14(6-9)20-5-1-4-19-13/h2-3,6-8H,1,4-5,18H2. The van der Waals surface area contributed by atoms with Gasteiger partial charge in [-0.15, -0.1) is 0 Å². The van der Waals surface area contributed by atoms with Gasteiger partial charge < -0.3 is 15.2 Å². The van der Waals surface area contributed by atoms with Gasteiger partial charge >= 0.3 is 0 Å². The molecule has 0 aromatic heterocycles. The molecule has 0 aliphatic carbocycles. The fourth-order valence-electron chi connectivity index (χ4n) is 1.97. The maximum atomic E-state index is 13.6. The van der Waals surface area contributed by atoms with Crippen LogP contribution in [0.2, 0.25) is 0 Å². The summed E-state index contributed by atoms with van der Waals surface area (Å²) in [6, 6.07) is 8.67. The number of nitrogen functional groups attached to an aromatic ring is 1. The van der Waals surface area contributed by atoms with E-state index < -0.39 is 0 Å². The third kappa shape index (κ3) is 3.27. The van der Waals surface area contributed by atoms with Crippen LogP contribution in [-0.4, -0.2) is 13.2 Å². The molecule has 110 valence electrons. The Morgan fingerprint density at radius 2 is 1.86 bits per heavy atom. The van der Waals surface area contributed by atoms with Crippen LogP contribution in [-0.2, 0) is 0 Å². The highest BCUT2D eigenvalue weighted by atomic mass is 79.9. The number of nitrogens with two attached hydrogens (primary N) is 1. The summed E-state index contributed by atoms with van der Waals surface area (Å²) in [4.78, 5) is 1.60. The Bertz CT molecular complexity index is 681. The summed E-state index contributed by atoms with van der Waals surface area (Å²) >= 11 is 4.52. The Labute approximate surface area is 134 Å². The van der Waals surface area contributed by atoms with Crippen LogP contribution in [0.4, 0.5) is 10.1 Å². The summed E-state index contributed by atoms with van der Waals surface area (Å²) in [6.45, 7) is 1.29.